The molecule has 0 aromatic carbocycles. The molecule has 9 heteroatoms. The van der Waals surface area contributed by atoms with Crippen molar-refractivity contribution in [1.82, 2.24) is 19.7 Å². The summed E-state index contributed by atoms with van der Waals surface area (Å²) < 4.78 is 47.0. The Labute approximate surface area is 124 Å². The summed E-state index contributed by atoms with van der Waals surface area (Å²) in [5.74, 6) is -2.66. The van der Waals surface area contributed by atoms with Crippen LogP contribution in [0, 0.1) is 11.8 Å². The minimum atomic E-state index is -4.41. The van der Waals surface area contributed by atoms with Crippen LogP contribution in [0.4, 0.5) is 13.2 Å². The summed E-state index contributed by atoms with van der Waals surface area (Å²) >= 11 is 0. The number of nitrogens with zero attached hydrogens (tertiary/aromatic N) is 4. The van der Waals surface area contributed by atoms with Crippen LogP contribution in [0.2, 0.25) is 0 Å². The van der Waals surface area contributed by atoms with Crippen LogP contribution in [0.1, 0.15) is 18.7 Å². The van der Waals surface area contributed by atoms with Gasteiger partial charge in [-0.1, -0.05) is 0 Å². The number of aromatic nitrogens is 3. The minimum absolute atomic E-state index is 0.206. The van der Waals surface area contributed by atoms with Gasteiger partial charge in [-0.05, 0) is 12.8 Å². The number of hydrogen-bond donors (Lipinski definition) is 0. The molecule has 6 nitrogen and oxygen atoms in total. The summed E-state index contributed by atoms with van der Waals surface area (Å²) in [6.45, 7) is 1.02. The van der Waals surface area contributed by atoms with Gasteiger partial charge in [-0.2, -0.15) is 18.3 Å². The average molecular weight is 316 g/mol. The van der Waals surface area contributed by atoms with Gasteiger partial charge in [0.15, 0.2) is 0 Å². The molecular weight excluding hydrogens is 301 g/mol. The molecule has 0 N–H and O–H groups in total. The Hall–Kier alpha value is -1.64. The standard InChI is InChI=1S/C13H15F3N4O2/c14-13(15,16)11-8-2-1-7(22-8)10(11)12(21)19-3-4-20-9(5-19)17-6-18-20/h6-8,10-11H,1-5H2. The molecule has 3 aliphatic heterocycles. The molecular formula is C13H15F3N4O2. The number of carbonyl (C=O) groups excluding carboxylic acids is 1. The van der Waals surface area contributed by atoms with Crippen LogP contribution in [0.25, 0.3) is 0 Å². The van der Waals surface area contributed by atoms with E-state index in [-0.39, 0.29) is 6.54 Å². The first-order valence-corrected chi connectivity index (χ1v) is 7.33. The third-order valence-electron chi connectivity index (χ3n) is 4.86. The predicted octanol–water partition coefficient (Wildman–Crippen LogP) is 0.976. The summed E-state index contributed by atoms with van der Waals surface area (Å²) in [6.07, 6.45) is -3.58. The molecule has 1 aromatic heterocycles. The summed E-state index contributed by atoms with van der Waals surface area (Å²) in [4.78, 5) is 18.2. The SMILES string of the molecule is O=C(C1C2CCC(O2)C1C(F)(F)F)N1CCn2ncnc2C1. The number of hydrogen-bond acceptors (Lipinski definition) is 4. The maximum Gasteiger partial charge on any atom is 0.395 e. The van der Waals surface area contributed by atoms with Crippen LogP contribution in [0.15, 0.2) is 6.33 Å². The maximum atomic E-state index is 13.3. The second-order valence-corrected chi connectivity index (χ2v) is 6.04. The Bertz CT molecular complexity index is 602. The number of ether oxygens (including phenoxy) is 1. The molecule has 2 fully saturated rings. The molecule has 0 aliphatic carbocycles. The highest BCUT2D eigenvalue weighted by molar-refractivity contribution is 5.80. The lowest BCUT2D eigenvalue weighted by Gasteiger charge is -2.34. The molecule has 0 spiro atoms. The highest BCUT2D eigenvalue weighted by Crippen LogP contribution is 2.51. The van der Waals surface area contributed by atoms with Crippen LogP contribution in [-0.4, -0.2) is 50.5 Å². The van der Waals surface area contributed by atoms with Crippen molar-refractivity contribution in [1.29, 1.82) is 0 Å². The number of carbonyl (C=O) groups is 1. The molecule has 2 saturated heterocycles. The Morgan fingerprint density at radius 1 is 1.27 bits per heavy atom. The molecule has 1 aromatic rings. The molecule has 4 atom stereocenters. The van der Waals surface area contributed by atoms with Crippen LogP contribution in [0.3, 0.4) is 0 Å². The lowest BCUT2D eigenvalue weighted by Crippen LogP contribution is -2.49. The van der Waals surface area contributed by atoms with Crippen molar-refractivity contribution in [2.45, 2.75) is 44.3 Å². The van der Waals surface area contributed by atoms with Crippen molar-refractivity contribution in [3.63, 3.8) is 0 Å². The largest absolute Gasteiger partial charge is 0.395 e. The van der Waals surface area contributed by atoms with Crippen LogP contribution < -0.4 is 0 Å². The second kappa shape index (κ2) is 4.68. The fourth-order valence-corrected chi connectivity index (χ4v) is 3.87. The van der Waals surface area contributed by atoms with Gasteiger partial charge in [-0.25, -0.2) is 9.67 Å². The van der Waals surface area contributed by atoms with Gasteiger partial charge in [0, 0.05) is 6.54 Å². The Morgan fingerprint density at radius 2 is 2.05 bits per heavy atom. The Morgan fingerprint density at radius 3 is 2.82 bits per heavy atom. The zero-order chi connectivity index (χ0) is 15.5. The molecule has 0 saturated carbocycles. The summed E-state index contributed by atoms with van der Waals surface area (Å²) in [6, 6.07) is 0. The van der Waals surface area contributed by atoms with E-state index < -0.39 is 36.1 Å². The molecule has 120 valence electrons. The fourth-order valence-electron chi connectivity index (χ4n) is 3.87. The van der Waals surface area contributed by atoms with E-state index in [0.29, 0.717) is 31.8 Å². The van der Waals surface area contributed by atoms with Crippen molar-refractivity contribution in [2.75, 3.05) is 6.54 Å². The third-order valence-corrected chi connectivity index (χ3v) is 4.86. The van der Waals surface area contributed by atoms with Crippen LogP contribution >= 0.6 is 0 Å². The van der Waals surface area contributed by atoms with Crippen molar-refractivity contribution < 1.29 is 22.7 Å². The van der Waals surface area contributed by atoms with E-state index in [1.54, 1.807) is 4.68 Å². The number of alkyl halides is 3. The molecule has 22 heavy (non-hydrogen) atoms. The van der Waals surface area contributed by atoms with Crippen molar-refractivity contribution in [2.24, 2.45) is 11.8 Å². The van der Waals surface area contributed by atoms with Crippen molar-refractivity contribution in [3.05, 3.63) is 12.2 Å². The highest BCUT2D eigenvalue weighted by Gasteiger charge is 2.63. The lowest BCUT2D eigenvalue weighted by molar-refractivity contribution is -0.199. The van der Waals surface area contributed by atoms with E-state index in [1.807, 2.05) is 0 Å². The smallest absolute Gasteiger partial charge is 0.373 e. The average Bonchev–Trinajstić information content (AvgIpc) is 3.18. The number of amides is 1. The first-order valence-electron chi connectivity index (χ1n) is 7.33. The zero-order valence-electron chi connectivity index (χ0n) is 11.7. The van der Waals surface area contributed by atoms with E-state index in [0.717, 1.165) is 0 Å². The van der Waals surface area contributed by atoms with Gasteiger partial charge in [-0.3, -0.25) is 4.79 Å². The minimum Gasteiger partial charge on any atom is -0.373 e. The first kappa shape index (κ1) is 14.0. The van der Waals surface area contributed by atoms with Gasteiger partial charge in [0.1, 0.15) is 12.2 Å². The monoisotopic (exact) mass is 316 g/mol. The fraction of sp³-hybridized carbons (Fsp3) is 0.769. The molecule has 4 rings (SSSR count). The van der Waals surface area contributed by atoms with Crippen molar-refractivity contribution >= 4 is 5.91 Å². The molecule has 2 bridgehead atoms. The van der Waals surface area contributed by atoms with E-state index in [4.69, 9.17) is 4.74 Å². The first-order chi connectivity index (χ1) is 10.4. The summed E-state index contributed by atoms with van der Waals surface area (Å²) in [5.41, 5.74) is 0. The number of rotatable bonds is 1. The Kier molecular flexibility index (Phi) is 2.97. The summed E-state index contributed by atoms with van der Waals surface area (Å²) in [7, 11) is 0. The molecule has 4 unspecified atom stereocenters. The van der Waals surface area contributed by atoms with E-state index >= 15 is 0 Å². The normalized spacial score (nSPS) is 34.0. The van der Waals surface area contributed by atoms with Crippen LogP contribution in [-0.2, 0) is 22.6 Å². The Balaban J connectivity index is 1.57. The van der Waals surface area contributed by atoms with Gasteiger partial charge >= 0.3 is 6.18 Å². The summed E-state index contributed by atoms with van der Waals surface area (Å²) in [5, 5.41) is 4.00. The van der Waals surface area contributed by atoms with Gasteiger partial charge in [0.25, 0.3) is 0 Å². The topological polar surface area (TPSA) is 60.2 Å². The number of fused-ring (bicyclic) bond motifs is 3. The van der Waals surface area contributed by atoms with Gasteiger partial charge < -0.3 is 9.64 Å². The predicted molar refractivity (Wildman–Crippen MR) is 66.4 cm³/mol. The molecule has 1 amide bonds. The molecule has 4 heterocycles. The van der Waals surface area contributed by atoms with Gasteiger partial charge in [0.05, 0.1) is 37.1 Å². The molecule has 3 aliphatic rings. The van der Waals surface area contributed by atoms with Gasteiger partial charge in [-0.15, -0.1) is 0 Å². The zero-order valence-corrected chi connectivity index (χ0v) is 11.7. The van der Waals surface area contributed by atoms with Crippen LogP contribution in [0.5, 0.6) is 0 Å². The van der Waals surface area contributed by atoms with E-state index in [9.17, 15) is 18.0 Å². The third kappa shape index (κ3) is 2.02. The quantitative estimate of drug-likeness (QED) is 0.775. The number of halogens is 3. The highest BCUT2D eigenvalue weighted by atomic mass is 19.4. The lowest BCUT2D eigenvalue weighted by atomic mass is 9.78. The van der Waals surface area contributed by atoms with E-state index in [1.165, 1.54) is 11.2 Å². The van der Waals surface area contributed by atoms with Gasteiger partial charge in [0.2, 0.25) is 5.91 Å². The van der Waals surface area contributed by atoms with E-state index in [2.05, 4.69) is 10.1 Å². The maximum absolute atomic E-state index is 13.3. The second-order valence-electron chi connectivity index (χ2n) is 6.04. The molecule has 0 radical (unpaired) electrons. The van der Waals surface area contributed by atoms with Crippen molar-refractivity contribution in [3.8, 4) is 0 Å².